The molecule has 0 fully saturated rings. The van der Waals surface area contributed by atoms with E-state index < -0.39 is 0 Å². The van der Waals surface area contributed by atoms with Crippen LogP contribution in [0.5, 0.6) is 11.6 Å². The molecular weight excluding hydrogens is 448 g/mol. The van der Waals surface area contributed by atoms with E-state index in [4.69, 9.17) is 9.57 Å². The second-order valence-electron chi connectivity index (χ2n) is 7.83. The molecular formula is C27H26N2O4S. The Kier molecular flexibility index (Phi) is 7.47. The number of hydrogen-bond acceptors (Lipinski definition) is 6. The minimum Gasteiger partial charge on any atom is -0.494 e. The Hall–Kier alpha value is -3.81. The summed E-state index contributed by atoms with van der Waals surface area (Å²) in [7, 11) is 0. The van der Waals surface area contributed by atoms with Gasteiger partial charge in [0, 0.05) is 6.42 Å². The molecule has 0 unspecified atom stereocenters. The zero-order valence-corrected chi connectivity index (χ0v) is 19.7. The summed E-state index contributed by atoms with van der Waals surface area (Å²) in [5.74, 6) is 0.646. The largest absolute Gasteiger partial charge is 0.494 e. The topological polar surface area (TPSA) is 83.6 Å². The van der Waals surface area contributed by atoms with E-state index in [9.17, 15) is 9.90 Å². The van der Waals surface area contributed by atoms with Crippen LogP contribution in [0.3, 0.4) is 0 Å². The van der Waals surface area contributed by atoms with Crippen molar-refractivity contribution in [3.63, 3.8) is 0 Å². The number of benzene rings is 3. The molecule has 174 valence electrons. The van der Waals surface area contributed by atoms with Gasteiger partial charge in [-0.25, -0.2) is 0 Å². The van der Waals surface area contributed by atoms with Crippen molar-refractivity contribution >= 4 is 17.0 Å². The van der Waals surface area contributed by atoms with Gasteiger partial charge in [-0.2, -0.15) is 0 Å². The van der Waals surface area contributed by atoms with Crippen LogP contribution in [0.15, 0.2) is 84.2 Å². The summed E-state index contributed by atoms with van der Waals surface area (Å²) in [4.78, 5) is 19.5. The highest BCUT2D eigenvalue weighted by Crippen LogP contribution is 2.23. The standard InChI is InChI=1S/C27H26N2O4S/c1-18-3-7-22(8-4-18)23-11-9-21(10-12-23)19(2)29-33-16-15-32-24-13-5-20(6-14-24)17-25-26(30)28-27(31)34-25/h3-14,29-30H,2,15-17H2,1H3,(H,28,31). The molecule has 1 aromatic heterocycles. The summed E-state index contributed by atoms with van der Waals surface area (Å²) in [6.45, 7) is 6.82. The summed E-state index contributed by atoms with van der Waals surface area (Å²) in [5, 5.41) is 9.70. The van der Waals surface area contributed by atoms with Crippen LogP contribution in [0.2, 0.25) is 0 Å². The summed E-state index contributed by atoms with van der Waals surface area (Å²) in [6, 6.07) is 24.1. The van der Waals surface area contributed by atoms with Crippen LogP contribution in [0.1, 0.15) is 21.6 Å². The average molecular weight is 475 g/mol. The van der Waals surface area contributed by atoms with Gasteiger partial charge in [0.2, 0.25) is 5.88 Å². The highest BCUT2D eigenvalue weighted by Gasteiger charge is 2.08. The lowest BCUT2D eigenvalue weighted by Gasteiger charge is -2.12. The Labute approximate surface area is 202 Å². The van der Waals surface area contributed by atoms with Crippen molar-refractivity contribution in [2.75, 3.05) is 13.2 Å². The predicted octanol–water partition coefficient (Wildman–Crippen LogP) is 5.28. The maximum absolute atomic E-state index is 11.3. The molecule has 0 bridgehead atoms. The van der Waals surface area contributed by atoms with Gasteiger partial charge in [0.05, 0.1) is 10.6 Å². The molecule has 3 aromatic carbocycles. The van der Waals surface area contributed by atoms with Crippen molar-refractivity contribution in [3.8, 4) is 22.8 Å². The minimum atomic E-state index is -0.261. The Morgan fingerprint density at radius 2 is 1.62 bits per heavy atom. The number of aromatic nitrogens is 1. The zero-order valence-electron chi connectivity index (χ0n) is 18.8. The van der Waals surface area contributed by atoms with Crippen LogP contribution in [-0.4, -0.2) is 23.3 Å². The summed E-state index contributed by atoms with van der Waals surface area (Å²) in [6.07, 6.45) is 0.483. The number of nitrogens with one attached hydrogen (secondary N) is 2. The van der Waals surface area contributed by atoms with Crippen molar-refractivity contribution in [3.05, 3.63) is 111 Å². The Morgan fingerprint density at radius 3 is 2.24 bits per heavy atom. The van der Waals surface area contributed by atoms with Crippen LogP contribution in [0, 0.1) is 6.92 Å². The molecule has 0 saturated heterocycles. The molecule has 3 N–H and O–H groups in total. The summed E-state index contributed by atoms with van der Waals surface area (Å²) in [5.41, 5.74) is 9.04. The number of aryl methyl sites for hydroxylation is 1. The molecule has 4 aromatic rings. The van der Waals surface area contributed by atoms with Gasteiger partial charge in [0.25, 0.3) is 0 Å². The van der Waals surface area contributed by atoms with Gasteiger partial charge in [-0.1, -0.05) is 84.1 Å². The summed E-state index contributed by atoms with van der Waals surface area (Å²) >= 11 is 1.01. The molecule has 1 heterocycles. The Balaban J connectivity index is 1.18. The molecule has 0 aliphatic heterocycles. The molecule has 34 heavy (non-hydrogen) atoms. The minimum absolute atomic E-state index is 0.0660. The lowest BCUT2D eigenvalue weighted by Crippen LogP contribution is -2.17. The van der Waals surface area contributed by atoms with Gasteiger partial charge in [-0.05, 0) is 41.3 Å². The molecule has 7 heteroatoms. The van der Waals surface area contributed by atoms with E-state index in [0.29, 0.717) is 36.0 Å². The van der Waals surface area contributed by atoms with E-state index in [1.807, 2.05) is 36.4 Å². The van der Waals surface area contributed by atoms with Gasteiger partial charge in [0.1, 0.15) is 19.0 Å². The molecule has 0 radical (unpaired) electrons. The van der Waals surface area contributed by atoms with Gasteiger partial charge in [-0.15, -0.1) is 0 Å². The second-order valence-corrected chi connectivity index (χ2v) is 8.90. The van der Waals surface area contributed by atoms with Crippen molar-refractivity contribution in [1.82, 2.24) is 10.5 Å². The Bertz CT molecular complexity index is 1290. The lowest BCUT2D eigenvalue weighted by molar-refractivity contribution is 0.0541. The molecule has 0 aliphatic carbocycles. The van der Waals surface area contributed by atoms with Crippen molar-refractivity contribution in [1.29, 1.82) is 0 Å². The van der Waals surface area contributed by atoms with Crippen molar-refractivity contribution < 1.29 is 14.7 Å². The summed E-state index contributed by atoms with van der Waals surface area (Å²) < 4.78 is 5.70. The normalized spacial score (nSPS) is 10.7. The average Bonchev–Trinajstić information content (AvgIpc) is 3.16. The lowest BCUT2D eigenvalue weighted by atomic mass is 10.0. The number of hydroxylamine groups is 1. The van der Waals surface area contributed by atoms with Crippen LogP contribution in [0.25, 0.3) is 16.8 Å². The van der Waals surface area contributed by atoms with E-state index in [0.717, 1.165) is 28.0 Å². The van der Waals surface area contributed by atoms with Gasteiger partial charge >= 0.3 is 4.87 Å². The number of aromatic hydroxyl groups is 1. The third kappa shape index (κ3) is 6.15. The molecule has 0 amide bonds. The number of H-pyrrole nitrogens is 1. The van der Waals surface area contributed by atoms with E-state index in [1.54, 1.807) is 0 Å². The zero-order chi connectivity index (χ0) is 23.9. The third-order valence-corrected chi connectivity index (χ3v) is 6.13. The van der Waals surface area contributed by atoms with Crippen molar-refractivity contribution in [2.45, 2.75) is 13.3 Å². The van der Waals surface area contributed by atoms with Gasteiger partial charge in [-0.3, -0.25) is 20.1 Å². The van der Waals surface area contributed by atoms with Crippen molar-refractivity contribution in [2.24, 2.45) is 0 Å². The SMILES string of the molecule is C=C(NOCCOc1ccc(Cc2sc(=O)[nH]c2O)cc1)c1ccc(-c2ccc(C)cc2)cc1. The van der Waals surface area contributed by atoms with E-state index in [2.05, 4.69) is 60.4 Å². The molecule has 0 saturated carbocycles. The second kappa shape index (κ2) is 10.9. The highest BCUT2D eigenvalue weighted by molar-refractivity contribution is 7.09. The fourth-order valence-corrected chi connectivity index (χ4v) is 4.13. The fraction of sp³-hybridized carbons (Fsp3) is 0.148. The van der Waals surface area contributed by atoms with E-state index >= 15 is 0 Å². The maximum atomic E-state index is 11.3. The first-order valence-electron chi connectivity index (χ1n) is 10.8. The monoisotopic (exact) mass is 474 g/mol. The first-order valence-corrected chi connectivity index (χ1v) is 11.7. The first-order chi connectivity index (χ1) is 16.5. The van der Waals surface area contributed by atoms with Crippen LogP contribution in [0.4, 0.5) is 0 Å². The smallest absolute Gasteiger partial charge is 0.307 e. The first kappa shape index (κ1) is 23.4. The highest BCUT2D eigenvalue weighted by atomic mass is 32.1. The molecule has 0 atom stereocenters. The van der Waals surface area contributed by atoms with E-state index in [1.165, 1.54) is 11.1 Å². The number of aromatic amines is 1. The number of thiazole rings is 1. The Morgan fingerprint density at radius 1 is 0.971 bits per heavy atom. The number of rotatable bonds is 10. The fourth-order valence-electron chi connectivity index (χ4n) is 3.37. The quantitative estimate of drug-likeness (QED) is 0.215. The molecule has 6 nitrogen and oxygen atoms in total. The predicted molar refractivity (Wildman–Crippen MR) is 136 cm³/mol. The molecule has 4 rings (SSSR count). The number of ether oxygens (including phenoxy) is 1. The molecule has 0 spiro atoms. The van der Waals surface area contributed by atoms with Crippen LogP contribution in [-0.2, 0) is 11.3 Å². The third-order valence-electron chi connectivity index (χ3n) is 5.26. The van der Waals surface area contributed by atoms with E-state index in [-0.39, 0.29) is 10.8 Å². The molecule has 0 aliphatic rings. The van der Waals surface area contributed by atoms with Crippen LogP contribution >= 0.6 is 11.3 Å². The van der Waals surface area contributed by atoms with Gasteiger partial charge in [0.15, 0.2) is 0 Å². The van der Waals surface area contributed by atoms with Crippen LogP contribution < -0.4 is 15.1 Å². The maximum Gasteiger partial charge on any atom is 0.307 e. The number of hydrogen-bond donors (Lipinski definition) is 3. The van der Waals surface area contributed by atoms with Gasteiger partial charge < -0.3 is 9.84 Å².